The average Bonchev–Trinajstić information content (AvgIpc) is 3.01. The highest BCUT2D eigenvalue weighted by atomic mass is 16.5. The Kier molecular flexibility index (Phi) is 10.4. The molecule has 0 saturated heterocycles. The topological polar surface area (TPSA) is 157 Å². The first-order valence-electron chi connectivity index (χ1n) is 13.9. The number of hydrogen-bond donors (Lipinski definition) is 3. The van der Waals surface area contributed by atoms with Crippen LogP contribution in [0.15, 0.2) is 83.8 Å². The maximum atomic E-state index is 13.5. The van der Waals surface area contributed by atoms with E-state index in [1.165, 1.54) is 6.20 Å². The predicted molar refractivity (Wildman–Crippen MR) is 160 cm³/mol. The van der Waals surface area contributed by atoms with Gasteiger partial charge in [-0.15, -0.1) is 0 Å². The van der Waals surface area contributed by atoms with Gasteiger partial charge in [-0.1, -0.05) is 67.9 Å². The second-order valence-corrected chi connectivity index (χ2v) is 9.85. The molecule has 11 heteroatoms. The molecule has 1 aromatic heterocycles. The zero-order valence-electron chi connectivity index (χ0n) is 23.6. The van der Waals surface area contributed by atoms with E-state index in [1.54, 1.807) is 48.5 Å². The minimum Gasteiger partial charge on any atom is -0.486 e. The Morgan fingerprint density at radius 2 is 1.70 bits per heavy atom. The van der Waals surface area contributed by atoms with Crippen molar-refractivity contribution in [1.29, 1.82) is 0 Å². The maximum Gasteiger partial charge on any atom is 0.305 e. The summed E-state index contributed by atoms with van der Waals surface area (Å²) in [6, 6.07) is 19.7. The molecule has 3 aromatic carbocycles. The number of ether oxygens (including phenoxy) is 1. The normalized spacial score (nSPS) is 11.5. The van der Waals surface area contributed by atoms with Crippen LogP contribution in [0.25, 0.3) is 10.8 Å². The summed E-state index contributed by atoms with van der Waals surface area (Å²) >= 11 is 0. The number of aryl methyl sites for hydroxylation is 1. The van der Waals surface area contributed by atoms with Gasteiger partial charge in [-0.2, -0.15) is 0 Å². The Bertz CT molecular complexity index is 1680. The highest BCUT2D eigenvalue weighted by Crippen LogP contribution is 2.19. The molecule has 0 bridgehead atoms. The minimum absolute atomic E-state index is 0.125. The fraction of sp³-hybridized carbons (Fsp3) is 0.250. The number of carbonyl (C=O) groups is 4. The number of aliphatic carboxylic acids is 1. The number of carbonyl (C=O) groups excluding carboxylic acids is 3. The number of ketones is 1. The number of nitrogens with one attached hydrogen (secondary N) is 2. The van der Waals surface area contributed by atoms with E-state index in [2.05, 4.69) is 15.6 Å². The first-order chi connectivity index (χ1) is 20.8. The van der Waals surface area contributed by atoms with E-state index in [-0.39, 0.29) is 5.69 Å². The van der Waals surface area contributed by atoms with Gasteiger partial charge in [0, 0.05) is 12.0 Å². The summed E-state index contributed by atoms with van der Waals surface area (Å²) in [7, 11) is 0. The summed E-state index contributed by atoms with van der Waals surface area (Å²) in [5.41, 5.74) is -0.414. The molecular weight excluding hydrogens is 552 g/mol. The van der Waals surface area contributed by atoms with Crippen LogP contribution >= 0.6 is 0 Å². The fourth-order valence-corrected chi connectivity index (χ4v) is 4.50. The van der Waals surface area contributed by atoms with E-state index < -0.39 is 54.7 Å². The largest absolute Gasteiger partial charge is 0.486 e. The monoisotopic (exact) mass is 584 g/mol. The van der Waals surface area contributed by atoms with Gasteiger partial charge in [-0.3, -0.25) is 28.5 Å². The standard InChI is InChI=1S/C32H32N4O7/c1-2-3-16-28-33-18-26(35-31(41)24-15-9-11-21-10-7-8-14-23(21)24)32(42)36(28)19-29(38)34-25(17-30(39)40)27(37)20-43-22-12-5-4-6-13-22/h4-15,18,25H,2-3,16-17,19-20H2,1H3,(H,34,38)(H,35,41)(H,39,40)/t25-/m0/s1. The van der Waals surface area contributed by atoms with Crippen LogP contribution in [-0.2, 0) is 27.3 Å². The van der Waals surface area contributed by atoms with E-state index in [4.69, 9.17) is 4.74 Å². The lowest BCUT2D eigenvalue weighted by Crippen LogP contribution is -2.46. The van der Waals surface area contributed by atoms with Gasteiger partial charge in [-0.05, 0) is 35.4 Å². The Morgan fingerprint density at radius 1 is 0.977 bits per heavy atom. The van der Waals surface area contributed by atoms with Gasteiger partial charge in [0.05, 0.1) is 12.6 Å². The number of rotatable bonds is 14. The molecule has 1 heterocycles. The molecule has 1 atom stereocenters. The highest BCUT2D eigenvalue weighted by molar-refractivity contribution is 6.12. The summed E-state index contributed by atoms with van der Waals surface area (Å²) in [4.78, 5) is 68.4. The lowest BCUT2D eigenvalue weighted by atomic mass is 10.0. The number of benzene rings is 3. The van der Waals surface area contributed by atoms with Crippen molar-refractivity contribution in [3.63, 3.8) is 0 Å². The van der Waals surface area contributed by atoms with Gasteiger partial charge in [0.25, 0.3) is 11.5 Å². The molecule has 2 amide bonds. The number of hydrogen-bond acceptors (Lipinski definition) is 7. The molecule has 4 aromatic rings. The molecule has 11 nitrogen and oxygen atoms in total. The first-order valence-corrected chi connectivity index (χ1v) is 13.9. The third-order valence-corrected chi connectivity index (χ3v) is 6.69. The van der Waals surface area contributed by atoms with Crippen LogP contribution in [0, 0.1) is 0 Å². The van der Waals surface area contributed by atoms with Crippen molar-refractivity contribution in [2.24, 2.45) is 0 Å². The number of nitrogens with zero attached hydrogens (tertiary/aromatic N) is 2. The van der Waals surface area contributed by atoms with Crippen LogP contribution in [0.3, 0.4) is 0 Å². The van der Waals surface area contributed by atoms with E-state index in [0.717, 1.165) is 16.4 Å². The van der Waals surface area contributed by atoms with Crippen molar-refractivity contribution in [3.8, 4) is 5.75 Å². The lowest BCUT2D eigenvalue weighted by Gasteiger charge is -2.18. The summed E-state index contributed by atoms with van der Waals surface area (Å²) in [5.74, 6) is -2.49. The van der Waals surface area contributed by atoms with Crippen LogP contribution < -0.4 is 20.9 Å². The molecule has 0 saturated carbocycles. The zero-order valence-corrected chi connectivity index (χ0v) is 23.6. The number of para-hydroxylation sites is 1. The number of Topliss-reactive ketones (excluding diaryl/α,β-unsaturated/α-hetero) is 1. The third kappa shape index (κ3) is 8.13. The fourth-order valence-electron chi connectivity index (χ4n) is 4.50. The molecule has 222 valence electrons. The molecule has 43 heavy (non-hydrogen) atoms. The van der Waals surface area contributed by atoms with Crippen LogP contribution in [-0.4, -0.2) is 50.9 Å². The van der Waals surface area contributed by atoms with Crippen molar-refractivity contribution >= 4 is 40.0 Å². The molecule has 0 fully saturated rings. The van der Waals surface area contributed by atoms with Gasteiger partial charge in [0.15, 0.2) is 5.78 Å². The number of fused-ring (bicyclic) bond motifs is 1. The molecule has 0 spiro atoms. The predicted octanol–water partition coefficient (Wildman–Crippen LogP) is 3.60. The number of unbranched alkanes of at least 4 members (excludes halogenated alkanes) is 1. The molecule has 0 radical (unpaired) electrons. The molecule has 4 rings (SSSR count). The van der Waals surface area contributed by atoms with Gasteiger partial charge in [0.2, 0.25) is 5.91 Å². The quantitative estimate of drug-likeness (QED) is 0.203. The first kappa shape index (κ1) is 30.6. The Hall–Kier alpha value is -5.32. The van der Waals surface area contributed by atoms with E-state index in [0.29, 0.717) is 35.4 Å². The minimum atomic E-state index is -1.38. The number of carboxylic acids is 1. The number of carboxylic acid groups (broad SMARTS) is 1. The van der Waals surface area contributed by atoms with Gasteiger partial charge >= 0.3 is 5.97 Å². The summed E-state index contributed by atoms with van der Waals surface area (Å²) in [5, 5.41) is 15.9. The van der Waals surface area contributed by atoms with Crippen LogP contribution in [0.1, 0.15) is 42.4 Å². The van der Waals surface area contributed by atoms with Crippen LogP contribution in [0.2, 0.25) is 0 Å². The zero-order chi connectivity index (χ0) is 30.8. The molecule has 0 aliphatic heterocycles. The van der Waals surface area contributed by atoms with Gasteiger partial charge in [0.1, 0.15) is 36.5 Å². The smallest absolute Gasteiger partial charge is 0.305 e. The second kappa shape index (κ2) is 14.5. The summed E-state index contributed by atoms with van der Waals surface area (Å²) in [6.45, 7) is 0.973. The maximum absolute atomic E-state index is 13.5. The van der Waals surface area contributed by atoms with Crippen molar-refractivity contribution in [1.82, 2.24) is 14.9 Å². The summed E-state index contributed by atoms with van der Waals surface area (Å²) in [6.07, 6.45) is 2.48. The molecule has 3 N–H and O–H groups in total. The van der Waals surface area contributed by atoms with Crippen LogP contribution in [0.4, 0.5) is 5.69 Å². The lowest BCUT2D eigenvalue weighted by molar-refractivity contribution is -0.140. The Morgan fingerprint density at radius 3 is 2.44 bits per heavy atom. The van der Waals surface area contributed by atoms with Crippen LogP contribution in [0.5, 0.6) is 5.75 Å². The highest BCUT2D eigenvalue weighted by Gasteiger charge is 2.25. The van der Waals surface area contributed by atoms with Crippen molar-refractivity contribution in [3.05, 3.63) is 101 Å². The van der Waals surface area contributed by atoms with E-state index in [9.17, 15) is 29.1 Å². The Labute approximate surface area is 247 Å². The Balaban J connectivity index is 1.54. The average molecular weight is 585 g/mol. The van der Waals surface area contributed by atoms with Crippen molar-refractivity contribution in [2.45, 2.75) is 45.2 Å². The number of aromatic nitrogens is 2. The molecular formula is C32H32N4O7. The second-order valence-electron chi connectivity index (χ2n) is 9.85. The molecule has 0 unspecified atom stereocenters. The van der Waals surface area contributed by atoms with Gasteiger partial charge < -0.3 is 20.5 Å². The van der Waals surface area contributed by atoms with Gasteiger partial charge in [-0.25, -0.2) is 4.98 Å². The molecule has 0 aliphatic rings. The number of amides is 2. The van der Waals surface area contributed by atoms with E-state index in [1.807, 2.05) is 31.2 Å². The van der Waals surface area contributed by atoms with Crippen molar-refractivity contribution in [2.75, 3.05) is 11.9 Å². The molecule has 0 aliphatic carbocycles. The SMILES string of the molecule is CCCCc1ncc(NC(=O)c2cccc3ccccc23)c(=O)n1CC(=O)N[C@@H](CC(=O)O)C(=O)COc1ccccc1. The van der Waals surface area contributed by atoms with Crippen molar-refractivity contribution < 1.29 is 29.0 Å². The van der Waals surface area contributed by atoms with E-state index >= 15 is 0 Å². The summed E-state index contributed by atoms with van der Waals surface area (Å²) < 4.78 is 6.56. The third-order valence-electron chi connectivity index (χ3n) is 6.69. The number of anilines is 1.